The summed E-state index contributed by atoms with van der Waals surface area (Å²) in [6, 6.07) is 7.30. The van der Waals surface area contributed by atoms with Gasteiger partial charge in [-0.3, -0.25) is 14.6 Å². The van der Waals surface area contributed by atoms with E-state index in [1.54, 1.807) is 12.1 Å². The zero-order valence-electron chi connectivity index (χ0n) is 12.9. The molecule has 122 valence electrons. The molecular weight excluding hydrogens is 304 g/mol. The minimum absolute atomic E-state index is 0.199. The number of rotatable bonds is 5. The highest BCUT2D eigenvalue weighted by molar-refractivity contribution is 6.30. The maximum Gasteiger partial charge on any atom is 0.319 e. The predicted molar refractivity (Wildman–Crippen MR) is 85.9 cm³/mol. The summed E-state index contributed by atoms with van der Waals surface area (Å²) in [4.78, 5) is 15.7. The van der Waals surface area contributed by atoms with Crippen LogP contribution in [-0.2, 0) is 9.53 Å². The van der Waals surface area contributed by atoms with E-state index >= 15 is 0 Å². The second-order valence-corrected chi connectivity index (χ2v) is 6.01. The van der Waals surface area contributed by atoms with Gasteiger partial charge in [-0.25, -0.2) is 0 Å². The molecule has 0 bridgehead atoms. The highest BCUT2D eigenvalue weighted by atomic mass is 35.5. The number of aliphatic hydroxyl groups is 1. The molecule has 1 unspecified atom stereocenters. The molecule has 1 aliphatic rings. The van der Waals surface area contributed by atoms with Gasteiger partial charge in [0, 0.05) is 31.2 Å². The van der Waals surface area contributed by atoms with E-state index < -0.39 is 6.10 Å². The summed E-state index contributed by atoms with van der Waals surface area (Å²) in [5.41, 5.74) is 0.875. The first-order valence-corrected chi connectivity index (χ1v) is 7.91. The molecule has 5 nitrogen and oxygen atoms in total. The first-order valence-electron chi connectivity index (χ1n) is 7.53. The summed E-state index contributed by atoms with van der Waals surface area (Å²) in [6.45, 7) is 4.37. The van der Waals surface area contributed by atoms with Crippen LogP contribution in [0.4, 0.5) is 0 Å². The normalized spacial score (nSPS) is 18.7. The van der Waals surface area contributed by atoms with Crippen LogP contribution >= 0.6 is 11.6 Å². The molecule has 1 saturated heterocycles. The largest absolute Gasteiger partial charge is 0.468 e. The summed E-state index contributed by atoms with van der Waals surface area (Å²) in [7, 11) is 1.41. The van der Waals surface area contributed by atoms with E-state index in [0.29, 0.717) is 18.1 Å². The monoisotopic (exact) mass is 326 g/mol. The van der Waals surface area contributed by atoms with Crippen molar-refractivity contribution in [2.45, 2.75) is 12.5 Å². The van der Waals surface area contributed by atoms with E-state index in [1.165, 1.54) is 7.11 Å². The SMILES string of the molecule is COC(=O)CN1CCCN(CC(O)c2ccc(Cl)cc2)CC1. The third-order valence-electron chi connectivity index (χ3n) is 3.95. The van der Waals surface area contributed by atoms with Gasteiger partial charge >= 0.3 is 5.97 Å². The van der Waals surface area contributed by atoms with E-state index in [-0.39, 0.29) is 5.97 Å². The zero-order valence-corrected chi connectivity index (χ0v) is 13.6. The Labute approximate surface area is 136 Å². The molecule has 22 heavy (non-hydrogen) atoms. The summed E-state index contributed by atoms with van der Waals surface area (Å²) in [5.74, 6) is -0.199. The number of nitrogens with zero attached hydrogens (tertiary/aromatic N) is 2. The molecule has 1 fully saturated rings. The summed E-state index contributed by atoms with van der Waals surface area (Å²) >= 11 is 5.86. The average molecular weight is 327 g/mol. The van der Waals surface area contributed by atoms with Crippen molar-refractivity contribution >= 4 is 17.6 Å². The fourth-order valence-electron chi connectivity index (χ4n) is 2.65. The smallest absolute Gasteiger partial charge is 0.319 e. The van der Waals surface area contributed by atoms with Crippen LogP contribution in [0.2, 0.25) is 5.02 Å². The number of halogens is 1. The van der Waals surface area contributed by atoms with Crippen LogP contribution in [-0.4, -0.2) is 67.3 Å². The van der Waals surface area contributed by atoms with Crippen molar-refractivity contribution in [2.24, 2.45) is 0 Å². The lowest BCUT2D eigenvalue weighted by Gasteiger charge is -2.24. The van der Waals surface area contributed by atoms with Crippen LogP contribution < -0.4 is 0 Å². The molecule has 1 N–H and O–H groups in total. The number of ether oxygens (including phenoxy) is 1. The number of esters is 1. The Morgan fingerprint density at radius 1 is 1.23 bits per heavy atom. The van der Waals surface area contributed by atoms with Crippen molar-refractivity contribution in [2.75, 3.05) is 46.4 Å². The maximum absolute atomic E-state index is 11.3. The third kappa shape index (κ3) is 5.25. The molecule has 0 amide bonds. The van der Waals surface area contributed by atoms with Gasteiger partial charge in [0.1, 0.15) is 0 Å². The highest BCUT2D eigenvalue weighted by Gasteiger charge is 2.19. The van der Waals surface area contributed by atoms with Crippen molar-refractivity contribution in [3.63, 3.8) is 0 Å². The van der Waals surface area contributed by atoms with Gasteiger partial charge in [-0.05, 0) is 30.7 Å². The minimum atomic E-state index is -0.524. The fourth-order valence-corrected chi connectivity index (χ4v) is 2.77. The number of carbonyl (C=O) groups excluding carboxylic acids is 1. The molecule has 0 radical (unpaired) electrons. The molecule has 6 heteroatoms. The van der Waals surface area contributed by atoms with Crippen LogP contribution in [0.3, 0.4) is 0 Å². The molecule has 1 atom stereocenters. The van der Waals surface area contributed by atoms with E-state index in [4.69, 9.17) is 16.3 Å². The van der Waals surface area contributed by atoms with Crippen LogP contribution in [0.1, 0.15) is 18.1 Å². The van der Waals surface area contributed by atoms with Crippen molar-refractivity contribution < 1.29 is 14.6 Å². The van der Waals surface area contributed by atoms with Gasteiger partial charge in [0.2, 0.25) is 0 Å². The zero-order chi connectivity index (χ0) is 15.9. The summed E-state index contributed by atoms with van der Waals surface area (Å²) in [6.07, 6.45) is 0.453. The van der Waals surface area contributed by atoms with Gasteiger partial charge in [0.25, 0.3) is 0 Å². The van der Waals surface area contributed by atoms with Gasteiger partial charge in [-0.2, -0.15) is 0 Å². The Kier molecular flexibility index (Phi) is 6.64. The lowest BCUT2D eigenvalue weighted by molar-refractivity contribution is -0.141. The van der Waals surface area contributed by atoms with Crippen LogP contribution in [0.25, 0.3) is 0 Å². The van der Waals surface area contributed by atoms with Crippen molar-refractivity contribution in [1.82, 2.24) is 9.80 Å². The molecule has 1 aromatic carbocycles. The summed E-state index contributed by atoms with van der Waals surface area (Å²) in [5, 5.41) is 11.0. The standard InChI is InChI=1S/C16H23ClN2O3/c1-22-16(21)12-19-8-2-7-18(9-10-19)11-15(20)13-3-5-14(17)6-4-13/h3-6,15,20H,2,7-12H2,1H3. The van der Waals surface area contributed by atoms with E-state index in [0.717, 1.165) is 38.2 Å². The second-order valence-electron chi connectivity index (χ2n) is 5.57. The molecule has 1 aromatic rings. The lowest BCUT2D eigenvalue weighted by atomic mass is 10.1. The molecule has 1 aliphatic heterocycles. The van der Waals surface area contributed by atoms with Gasteiger partial charge in [0.15, 0.2) is 0 Å². The molecule has 0 aliphatic carbocycles. The first-order chi connectivity index (χ1) is 10.6. The Hall–Kier alpha value is -1.14. The van der Waals surface area contributed by atoms with E-state index in [9.17, 15) is 9.90 Å². The molecule has 0 saturated carbocycles. The van der Waals surface area contributed by atoms with Gasteiger partial charge < -0.3 is 9.84 Å². The number of β-amino-alcohol motifs (C(OH)–C–C–N with tert-alkyl or cyclic N) is 1. The predicted octanol–water partition coefficient (Wildman–Crippen LogP) is 1.55. The van der Waals surface area contributed by atoms with Gasteiger partial charge in [0.05, 0.1) is 19.8 Å². The first kappa shape index (κ1) is 17.2. The second kappa shape index (κ2) is 8.48. The number of hydrogen-bond acceptors (Lipinski definition) is 5. The quantitative estimate of drug-likeness (QED) is 0.832. The number of aliphatic hydroxyl groups excluding tert-OH is 1. The fraction of sp³-hybridized carbons (Fsp3) is 0.562. The van der Waals surface area contributed by atoms with Crippen LogP contribution in [0.5, 0.6) is 0 Å². The number of methoxy groups -OCH3 is 1. The maximum atomic E-state index is 11.3. The molecular formula is C16H23ClN2O3. The van der Waals surface area contributed by atoms with Crippen molar-refractivity contribution in [3.05, 3.63) is 34.9 Å². The molecule has 1 heterocycles. The molecule has 2 rings (SSSR count). The van der Waals surface area contributed by atoms with Gasteiger partial charge in [-0.1, -0.05) is 23.7 Å². The van der Waals surface area contributed by atoms with Crippen LogP contribution in [0.15, 0.2) is 24.3 Å². The summed E-state index contributed by atoms with van der Waals surface area (Å²) < 4.78 is 4.71. The number of hydrogen-bond donors (Lipinski definition) is 1. The Bertz CT molecular complexity index is 481. The van der Waals surface area contributed by atoms with Crippen molar-refractivity contribution in [3.8, 4) is 0 Å². The molecule has 0 aromatic heterocycles. The third-order valence-corrected chi connectivity index (χ3v) is 4.20. The van der Waals surface area contributed by atoms with E-state index in [2.05, 4.69) is 9.80 Å². The van der Waals surface area contributed by atoms with E-state index in [1.807, 2.05) is 12.1 Å². The number of benzene rings is 1. The Morgan fingerprint density at radius 3 is 2.55 bits per heavy atom. The number of carbonyl (C=O) groups is 1. The Morgan fingerprint density at radius 2 is 1.86 bits per heavy atom. The highest BCUT2D eigenvalue weighted by Crippen LogP contribution is 2.18. The minimum Gasteiger partial charge on any atom is -0.468 e. The topological polar surface area (TPSA) is 53.0 Å². The van der Waals surface area contributed by atoms with Crippen LogP contribution in [0, 0.1) is 0 Å². The average Bonchev–Trinajstić information content (AvgIpc) is 2.73. The van der Waals surface area contributed by atoms with Gasteiger partial charge in [-0.15, -0.1) is 0 Å². The molecule has 0 spiro atoms. The Balaban J connectivity index is 1.83. The van der Waals surface area contributed by atoms with Crippen molar-refractivity contribution in [1.29, 1.82) is 0 Å². The lowest BCUT2D eigenvalue weighted by Crippen LogP contribution is -2.35.